The molecule has 1 aliphatic rings. The van der Waals surface area contributed by atoms with E-state index in [1.165, 1.54) is 12.8 Å². The molecule has 0 aromatic carbocycles. The van der Waals surface area contributed by atoms with Gasteiger partial charge < -0.3 is 10.3 Å². The van der Waals surface area contributed by atoms with Gasteiger partial charge >= 0.3 is 0 Å². The minimum absolute atomic E-state index is 0.0468. The van der Waals surface area contributed by atoms with Gasteiger partial charge in [-0.3, -0.25) is 0 Å². The Morgan fingerprint density at radius 1 is 1.71 bits per heavy atom. The molecule has 1 fully saturated rings. The van der Waals surface area contributed by atoms with Gasteiger partial charge in [0.05, 0.1) is 6.04 Å². The van der Waals surface area contributed by atoms with E-state index < -0.39 is 0 Å². The van der Waals surface area contributed by atoms with Crippen molar-refractivity contribution in [2.45, 2.75) is 31.3 Å². The first-order chi connectivity index (χ1) is 6.83. The molecular weight excluding hydrogens is 196 g/mol. The van der Waals surface area contributed by atoms with Gasteiger partial charge in [-0.05, 0) is 31.3 Å². The summed E-state index contributed by atoms with van der Waals surface area (Å²) in [5, 5.41) is 8.05. The molecule has 1 unspecified atom stereocenters. The van der Waals surface area contributed by atoms with Gasteiger partial charge in [-0.25, -0.2) is 0 Å². The lowest BCUT2D eigenvalue weighted by Gasteiger charge is -2.11. The fourth-order valence-electron chi connectivity index (χ4n) is 1.52. The summed E-state index contributed by atoms with van der Waals surface area (Å²) in [5.74, 6) is 2.04. The molecule has 5 heteroatoms. The predicted molar refractivity (Wildman–Crippen MR) is 58.2 cm³/mol. The van der Waals surface area contributed by atoms with E-state index in [-0.39, 0.29) is 6.04 Å². The number of hydrogen-bond donors (Lipinski definition) is 1. The molecule has 1 saturated carbocycles. The average Bonchev–Trinajstić information content (AvgIpc) is 2.93. The lowest BCUT2D eigenvalue weighted by atomic mass is 10.2. The predicted octanol–water partition coefficient (Wildman–Crippen LogP) is 1.37. The molecule has 1 aromatic heterocycles. The standard InChI is InChI=1S/C9H16N4S/c1-14-5-4-8(10)9-12-11-6-13(9)7-2-3-7/h6-8H,2-5,10H2,1H3. The van der Waals surface area contributed by atoms with E-state index in [0.29, 0.717) is 6.04 Å². The second kappa shape index (κ2) is 4.31. The molecule has 0 bridgehead atoms. The molecule has 78 valence electrons. The van der Waals surface area contributed by atoms with Gasteiger partial charge in [-0.1, -0.05) is 0 Å². The van der Waals surface area contributed by atoms with E-state index in [9.17, 15) is 0 Å². The Morgan fingerprint density at radius 3 is 3.14 bits per heavy atom. The third-order valence-corrected chi connectivity index (χ3v) is 3.15. The van der Waals surface area contributed by atoms with Crippen molar-refractivity contribution in [2.24, 2.45) is 5.73 Å². The van der Waals surface area contributed by atoms with Crippen LogP contribution in [0.3, 0.4) is 0 Å². The topological polar surface area (TPSA) is 56.7 Å². The SMILES string of the molecule is CSCCC(N)c1nncn1C1CC1. The van der Waals surface area contributed by atoms with Crippen molar-refractivity contribution in [2.75, 3.05) is 12.0 Å². The van der Waals surface area contributed by atoms with Gasteiger partial charge in [0, 0.05) is 6.04 Å². The molecular formula is C9H16N4S. The minimum Gasteiger partial charge on any atom is -0.321 e. The van der Waals surface area contributed by atoms with Crippen LogP contribution in [0.25, 0.3) is 0 Å². The zero-order chi connectivity index (χ0) is 9.97. The van der Waals surface area contributed by atoms with Crippen LogP contribution >= 0.6 is 11.8 Å². The molecule has 0 aliphatic heterocycles. The molecule has 14 heavy (non-hydrogen) atoms. The lowest BCUT2D eigenvalue weighted by Crippen LogP contribution is -2.17. The first kappa shape index (κ1) is 9.98. The maximum Gasteiger partial charge on any atom is 0.150 e. The molecule has 1 atom stereocenters. The Hall–Kier alpha value is -0.550. The molecule has 0 saturated heterocycles. The number of rotatable bonds is 5. The van der Waals surface area contributed by atoms with Gasteiger partial charge in [0.25, 0.3) is 0 Å². The Bertz CT molecular complexity index is 295. The van der Waals surface area contributed by atoms with Gasteiger partial charge in [0.2, 0.25) is 0 Å². The molecule has 2 N–H and O–H groups in total. The maximum absolute atomic E-state index is 6.06. The van der Waals surface area contributed by atoms with Crippen LogP contribution in [0.5, 0.6) is 0 Å². The van der Waals surface area contributed by atoms with Gasteiger partial charge in [-0.2, -0.15) is 11.8 Å². The molecule has 1 heterocycles. The van der Waals surface area contributed by atoms with Crippen LogP contribution in [0, 0.1) is 0 Å². The Balaban J connectivity index is 2.02. The molecule has 0 amide bonds. The first-order valence-corrected chi connectivity index (χ1v) is 6.36. The van der Waals surface area contributed by atoms with Crippen LogP contribution in [-0.4, -0.2) is 26.8 Å². The Labute approximate surface area is 88.3 Å². The van der Waals surface area contributed by atoms with Gasteiger partial charge in [0.1, 0.15) is 12.2 Å². The highest BCUT2D eigenvalue weighted by molar-refractivity contribution is 7.98. The summed E-state index contributed by atoms with van der Waals surface area (Å²) in [5.41, 5.74) is 6.06. The van der Waals surface area contributed by atoms with E-state index in [4.69, 9.17) is 5.73 Å². The van der Waals surface area contributed by atoms with E-state index >= 15 is 0 Å². The zero-order valence-electron chi connectivity index (χ0n) is 8.39. The van der Waals surface area contributed by atoms with Crippen LogP contribution in [0.1, 0.15) is 37.2 Å². The van der Waals surface area contributed by atoms with E-state index in [2.05, 4.69) is 21.0 Å². The molecule has 1 aliphatic carbocycles. The largest absolute Gasteiger partial charge is 0.321 e. The van der Waals surface area contributed by atoms with Crippen molar-refractivity contribution >= 4 is 11.8 Å². The molecule has 1 aromatic rings. The van der Waals surface area contributed by atoms with Crippen molar-refractivity contribution in [3.8, 4) is 0 Å². The van der Waals surface area contributed by atoms with Gasteiger partial charge in [0.15, 0.2) is 0 Å². The van der Waals surface area contributed by atoms with Crippen molar-refractivity contribution in [1.82, 2.24) is 14.8 Å². The minimum atomic E-state index is 0.0468. The fourth-order valence-corrected chi connectivity index (χ4v) is 2.01. The van der Waals surface area contributed by atoms with E-state index in [1.54, 1.807) is 0 Å². The lowest BCUT2D eigenvalue weighted by molar-refractivity contribution is 0.584. The summed E-state index contributed by atoms with van der Waals surface area (Å²) in [6, 6.07) is 0.672. The quantitative estimate of drug-likeness (QED) is 0.801. The summed E-state index contributed by atoms with van der Waals surface area (Å²) in [6.07, 6.45) is 7.39. The fraction of sp³-hybridized carbons (Fsp3) is 0.778. The van der Waals surface area contributed by atoms with Crippen LogP contribution in [0.15, 0.2) is 6.33 Å². The highest BCUT2D eigenvalue weighted by Crippen LogP contribution is 2.36. The molecule has 2 rings (SSSR count). The third kappa shape index (κ3) is 2.09. The number of thioether (sulfide) groups is 1. The second-order valence-electron chi connectivity index (χ2n) is 3.72. The van der Waals surface area contributed by atoms with Crippen LogP contribution in [0.4, 0.5) is 0 Å². The summed E-state index contributed by atoms with van der Waals surface area (Å²) < 4.78 is 2.14. The van der Waals surface area contributed by atoms with Crippen molar-refractivity contribution in [3.63, 3.8) is 0 Å². The van der Waals surface area contributed by atoms with Crippen molar-refractivity contribution in [3.05, 3.63) is 12.2 Å². The summed E-state index contributed by atoms with van der Waals surface area (Å²) in [7, 11) is 0. The molecule has 0 spiro atoms. The highest BCUT2D eigenvalue weighted by atomic mass is 32.2. The number of aromatic nitrogens is 3. The number of nitrogens with zero attached hydrogens (tertiary/aromatic N) is 3. The van der Waals surface area contributed by atoms with E-state index in [0.717, 1.165) is 18.0 Å². The zero-order valence-corrected chi connectivity index (χ0v) is 9.20. The van der Waals surface area contributed by atoms with Crippen molar-refractivity contribution in [1.29, 1.82) is 0 Å². The van der Waals surface area contributed by atoms with E-state index in [1.807, 2.05) is 18.1 Å². The third-order valence-electron chi connectivity index (χ3n) is 2.51. The summed E-state index contributed by atoms with van der Waals surface area (Å²) >= 11 is 1.82. The molecule has 4 nitrogen and oxygen atoms in total. The highest BCUT2D eigenvalue weighted by Gasteiger charge is 2.27. The average molecular weight is 212 g/mol. The van der Waals surface area contributed by atoms with Crippen molar-refractivity contribution < 1.29 is 0 Å². The summed E-state index contributed by atoms with van der Waals surface area (Å²) in [4.78, 5) is 0. The summed E-state index contributed by atoms with van der Waals surface area (Å²) in [6.45, 7) is 0. The maximum atomic E-state index is 6.06. The van der Waals surface area contributed by atoms with Crippen LogP contribution < -0.4 is 5.73 Å². The molecule has 0 radical (unpaired) electrons. The normalized spacial score (nSPS) is 18.4. The van der Waals surface area contributed by atoms with Gasteiger partial charge in [-0.15, -0.1) is 10.2 Å². The monoisotopic (exact) mass is 212 g/mol. The van der Waals surface area contributed by atoms with Crippen LogP contribution in [-0.2, 0) is 0 Å². The number of hydrogen-bond acceptors (Lipinski definition) is 4. The number of nitrogens with two attached hydrogens (primary N) is 1. The smallest absolute Gasteiger partial charge is 0.150 e. The Kier molecular flexibility index (Phi) is 3.08. The first-order valence-electron chi connectivity index (χ1n) is 4.97. The Morgan fingerprint density at radius 2 is 2.50 bits per heavy atom. The van der Waals surface area contributed by atoms with Crippen LogP contribution in [0.2, 0.25) is 0 Å². The second-order valence-corrected chi connectivity index (χ2v) is 4.70.